The first-order valence-electron chi connectivity index (χ1n) is 10.9. The molecule has 0 radical (unpaired) electrons. The predicted molar refractivity (Wildman–Crippen MR) is 129 cm³/mol. The molecule has 0 bridgehead atoms. The van der Waals surface area contributed by atoms with Crippen molar-refractivity contribution in [1.82, 2.24) is 9.80 Å². The number of hydrogen-bond acceptors (Lipinski definition) is 3. The highest BCUT2D eigenvalue weighted by atomic mass is 35.5. The van der Waals surface area contributed by atoms with Crippen LogP contribution in [0.5, 0.6) is 5.75 Å². The fourth-order valence-electron chi connectivity index (χ4n) is 4.45. The van der Waals surface area contributed by atoms with E-state index in [4.69, 9.17) is 16.3 Å². The average molecular weight is 463 g/mol. The van der Waals surface area contributed by atoms with E-state index in [0.717, 1.165) is 16.9 Å². The van der Waals surface area contributed by atoms with Gasteiger partial charge in [-0.2, -0.15) is 0 Å². The molecule has 0 unspecified atom stereocenters. The molecule has 4 rings (SSSR count). The molecule has 0 aromatic heterocycles. The highest BCUT2D eigenvalue weighted by Crippen LogP contribution is 2.36. The maximum atomic E-state index is 13.6. The van der Waals surface area contributed by atoms with E-state index in [1.807, 2.05) is 61.6 Å². The van der Waals surface area contributed by atoms with Crippen LogP contribution in [0.15, 0.2) is 78.9 Å². The van der Waals surface area contributed by atoms with Crippen molar-refractivity contribution in [2.45, 2.75) is 12.5 Å². The normalized spacial score (nSPS) is 17.6. The Bertz CT molecular complexity index is 1130. The van der Waals surface area contributed by atoms with E-state index in [0.29, 0.717) is 30.2 Å². The molecule has 0 aliphatic carbocycles. The third kappa shape index (κ3) is 5.20. The van der Waals surface area contributed by atoms with Crippen LogP contribution < -0.4 is 4.74 Å². The summed E-state index contributed by atoms with van der Waals surface area (Å²) in [4.78, 5) is 30.3. The second kappa shape index (κ2) is 10.1. The molecule has 3 aromatic carbocycles. The lowest BCUT2D eigenvalue weighted by molar-refractivity contribution is -0.134. The summed E-state index contributed by atoms with van der Waals surface area (Å²) < 4.78 is 5.40. The molecule has 1 fully saturated rings. The first-order valence-corrected chi connectivity index (χ1v) is 11.3. The van der Waals surface area contributed by atoms with E-state index in [9.17, 15) is 9.59 Å². The van der Waals surface area contributed by atoms with Crippen LogP contribution in [0.25, 0.3) is 0 Å². The lowest BCUT2D eigenvalue weighted by Gasteiger charge is -2.25. The second-order valence-corrected chi connectivity index (χ2v) is 8.83. The Labute approximate surface area is 199 Å². The number of likely N-dealkylation sites (tertiary alicyclic amines) is 1. The zero-order valence-corrected chi connectivity index (χ0v) is 19.5. The summed E-state index contributed by atoms with van der Waals surface area (Å²) in [5, 5.41) is 0.514. The van der Waals surface area contributed by atoms with Crippen LogP contribution in [-0.2, 0) is 11.3 Å². The minimum absolute atomic E-state index is 0.0214. The van der Waals surface area contributed by atoms with Gasteiger partial charge in [0.05, 0.1) is 13.0 Å². The SMILES string of the molecule is COc1cccc([C@H]2CN(C(=O)c3cccc(Cl)c3)C[C@H]2C(=O)N(C)Cc2ccccc2)c1. The average Bonchev–Trinajstić information content (AvgIpc) is 3.29. The summed E-state index contributed by atoms with van der Waals surface area (Å²) >= 11 is 6.11. The fourth-order valence-corrected chi connectivity index (χ4v) is 4.64. The Balaban J connectivity index is 1.61. The Hall–Kier alpha value is -3.31. The summed E-state index contributed by atoms with van der Waals surface area (Å²) in [6.07, 6.45) is 0. The van der Waals surface area contributed by atoms with Crippen molar-refractivity contribution in [2.24, 2.45) is 5.92 Å². The molecule has 1 saturated heterocycles. The molecule has 33 heavy (non-hydrogen) atoms. The van der Waals surface area contributed by atoms with Crippen molar-refractivity contribution in [2.75, 3.05) is 27.2 Å². The number of amides is 2. The Morgan fingerprint density at radius 1 is 1.00 bits per heavy atom. The molecule has 0 saturated carbocycles. The summed E-state index contributed by atoms with van der Waals surface area (Å²) in [7, 11) is 3.44. The highest BCUT2D eigenvalue weighted by Gasteiger charge is 2.41. The van der Waals surface area contributed by atoms with Gasteiger partial charge in [0, 0.05) is 43.2 Å². The number of halogens is 1. The maximum absolute atomic E-state index is 13.6. The second-order valence-electron chi connectivity index (χ2n) is 8.39. The molecule has 0 N–H and O–H groups in total. The van der Waals surface area contributed by atoms with E-state index >= 15 is 0 Å². The standard InChI is InChI=1S/C27H27ClN2O3/c1-29(16-19-8-4-3-5-9-19)27(32)25-18-30(26(31)21-11-6-12-22(28)14-21)17-24(25)20-10-7-13-23(15-20)33-2/h3-15,24-25H,16-18H2,1-2H3/t24-,25-/m1/s1. The Morgan fingerprint density at radius 3 is 2.48 bits per heavy atom. The predicted octanol–water partition coefficient (Wildman–Crippen LogP) is 4.86. The maximum Gasteiger partial charge on any atom is 0.253 e. The van der Waals surface area contributed by atoms with Gasteiger partial charge >= 0.3 is 0 Å². The summed E-state index contributed by atoms with van der Waals surface area (Å²) in [6, 6.07) is 24.6. The number of rotatable bonds is 6. The fraction of sp³-hybridized carbons (Fsp3) is 0.259. The first-order chi connectivity index (χ1) is 16.0. The van der Waals surface area contributed by atoms with Crippen LogP contribution >= 0.6 is 11.6 Å². The van der Waals surface area contributed by atoms with E-state index < -0.39 is 0 Å². The molecular formula is C27H27ClN2O3. The quantitative estimate of drug-likeness (QED) is 0.525. The molecule has 5 nitrogen and oxygen atoms in total. The van der Waals surface area contributed by atoms with Crippen LogP contribution in [0.1, 0.15) is 27.4 Å². The van der Waals surface area contributed by atoms with Gasteiger partial charge in [-0.1, -0.05) is 60.1 Å². The zero-order chi connectivity index (χ0) is 23.4. The minimum Gasteiger partial charge on any atom is -0.497 e. The largest absolute Gasteiger partial charge is 0.497 e. The van der Waals surface area contributed by atoms with Crippen molar-refractivity contribution in [1.29, 1.82) is 0 Å². The smallest absolute Gasteiger partial charge is 0.253 e. The van der Waals surface area contributed by atoms with Gasteiger partial charge in [0.25, 0.3) is 5.91 Å². The third-order valence-corrected chi connectivity index (χ3v) is 6.39. The number of ether oxygens (including phenoxy) is 1. The van der Waals surface area contributed by atoms with Gasteiger partial charge in [0.15, 0.2) is 0 Å². The molecular weight excluding hydrogens is 436 g/mol. The van der Waals surface area contributed by atoms with Crippen molar-refractivity contribution in [3.63, 3.8) is 0 Å². The summed E-state index contributed by atoms with van der Waals surface area (Å²) in [5.41, 5.74) is 2.58. The number of benzene rings is 3. The van der Waals surface area contributed by atoms with Gasteiger partial charge < -0.3 is 14.5 Å². The van der Waals surface area contributed by atoms with Gasteiger partial charge in [0.1, 0.15) is 5.75 Å². The third-order valence-electron chi connectivity index (χ3n) is 6.16. The summed E-state index contributed by atoms with van der Waals surface area (Å²) in [5.74, 6) is 0.151. The van der Waals surface area contributed by atoms with E-state index in [1.165, 1.54) is 0 Å². The number of hydrogen-bond donors (Lipinski definition) is 0. The van der Waals surface area contributed by atoms with Crippen LogP contribution in [0.3, 0.4) is 0 Å². The van der Waals surface area contributed by atoms with Gasteiger partial charge in [-0.25, -0.2) is 0 Å². The highest BCUT2D eigenvalue weighted by molar-refractivity contribution is 6.30. The van der Waals surface area contributed by atoms with Gasteiger partial charge in [-0.15, -0.1) is 0 Å². The molecule has 170 valence electrons. The lowest BCUT2D eigenvalue weighted by atomic mass is 9.88. The van der Waals surface area contributed by atoms with Crippen molar-refractivity contribution in [3.8, 4) is 5.75 Å². The summed E-state index contributed by atoms with van der Waals surface area (Å²) in [6.45, 7) is 1.32. The lowest BCUT2D eigenvalue weighted by Crippen LogP contribution is -2.36. The van der Waals surface area contributed by atoms with Crippen LogP contribution in [0.2, 0.25) is 5.02 Å². The monoisotopic (exact) mass is 462 g/mol. The Morgan fingerprint density at radius 2 is 1.76 bits per heavy atom. The number of carbonyl (C=O) groups is 2. The zero-order valence-electron chi connectivity index (χ0n) is 18.8. The minimum atomic E-state index is -0.353. The molecule has 6 heteroatoms. The van der Waals surface area contributed by atoms with Crippen molar-refractivity contribution in [3.05, 3.63) is 101 Å². The molecule has 1 aliphatic heterocycles. The van der Waals surface area contributed by atoms with E-state index in [-0.39, 0.29) is 23.7 Å². The molecule has 2 atom stereocenters. The molecule has 1 heterocycles. The van der Waals surface area contributed by atoms with E-state index in [2.05, 4.69) is 0 Å². The first kappa shape index (κ1) is 22.9. The van der Waals surface area contributed by atoms with Crippen LogP contribution in [0, 0.1) is 5.92 Å². The molecule has 2 amide bonds. The number of nitrogens with zero attached hydrogens (tertiary/aromatic N) is 2. The number of carbonyl (C=O) groups excluding carboxylic acids is 2. The molecule has 1 aliphatic rings. The Kier molecular flexibility index (Phi) is 6.99. The van der Waals surface area contributed by atoms with Gasteiger partial charge in [-0.3, -0.25) is 9.59 Å². The molecule has 0 spiro atoms. The number of methoxy groups -OCH3 is 1. The van der Waals surface area contributed by atoms with Gasteiger partial charge in [0.2, 0.25) is 5.91 Å². The topological polar surface area (TPSA) is 49.9 Å². The van der Waals surface area contributed by atoms with Crippen molar-refractivity contribution < 1.29 is 14.3 Å². The van der Waals surface area contributed by atoms with E-state index in [1.54, 1.807) is 41.2 Å². The van der Waals surface area contributed by atoms with Crippen LogP contribution in [-0.4, -0.2) is 48.9 Å². The molecule has 3 aromatic rings. The van der Waals surface area contributed by atoms with Crippen molar-refractivity contribution >= 4 is 23.4 Å². The van der Waals surface area contributed by atoms with Crippen LogP contribution in [0.4, 0.5) is 0 Å². The van der Waals surface area contributed by atoms with Gasteiger partial charge in [-0.05, 0) is 41.5 Å².